The fourth-order valence-corrected chi connectivity index (χ4v) is 8.91. The average Bonchev–Trinajstić information content (AvgIpc) is 3.51. The number of pyridine rings is 1. The van der Waals surface area contributed by atoms with Crippen molar-refractivity contribution in [2.75, 3.05) is 6.54 Å². The van der Waals surface area contributed by atoms with Crippen LogP contribution in [0.2, 0.25) is 5.02 Å². The predicted molar refractivity (Wildman–Crippen MR) is 232 cm³/mol. The van der Waals surface area contributed by atoms with Gasteiger partial charge in [0.05, 0.1) is 39.6 Å². The van der Waals surface area contributed by atoms with Crippen LogP contribution in [0.25, 0.3) is 27.7 Å². The minimum absolute atomic E-state index is 0.0244. The number of piperidine rings is 1. The molecule has 2 bridgehead atoms. The van der Waals surface area contributed by atoms with Gasteiger partial charge in [-0.2, -0.15) is 5.26 Å². The molecule has 3 atom stereocenters. The first-order valence-corrected chi connectivity index (χ1v) is 21.2. The van der Waals surface area contributed by atoms with Gasteiger partial charge in [-0.3, -0.25) is 24.6 Å². The van der Waals surface area contributed by atoms with Crippen LogP contribution < -0.4 is 9.47 Å². The minimum Gasteiger partial charge on any atom is -0.488 e. The Morgan fingerprint density at radius 2 is 1.79 bits per heavy atom. The highest BCUT2D eigenvalue weighted by molar-refractivity contribution is 6.32. The third kappa shape index (κ3) is 9.33. The number of rotatable bonds is 11. The van der Waals surface area contributed by atoms with Crippen molar-refractivity contribution in [2.45, 2.75) is 110 Å². The number of hydrogen-bond donors (Lipinski definition) is 1. The van der Waals surface area contributed by atoms with Gasteiger partial charge in [-0.15, -0.1) is 0 Å². The molecule has 1 N–H and O–H groups in total. The van der Waals surface area contributed by atoms with Crippen molar-refractivity contribution < 1.29 is 28.9 Å². The number of carbonyl (C=O) groups excluding carboxylic acids is 1. The van der Waals surface area contributed by atoms with Crippen LogP contribution in [-0.2, 0) is 29.3 Å². The van der Waals surface area contributed by atoms with Crippen molar-refractivity contribution in [3.8, 4) is 28.7 Å². The molecule has 1 amide bonds. The Bertz CT molecular complexity index is 2570. The Morgan fingerprint density at radius 3 is 2.57 bits per heavy atom. The van der Waals surface area contributed by atoms with Crippen LogP contribution in [0.15, 0.2) is 79.3 Å². The second kappa shape index (κ2) is 17.5. The fourth-order valence-electron chi connectivity index (χ4n) is 8.67. The van der Waals surface area contributed by atoms with E-state index in [2.05, 4.69) is 42.3 Å². The van der Waals surface area contributed by atoms with Crippen LogP contribution in [0.1, 0.15) is 92.8 Å². The highest BCUT2D eigenvalue weighted by atomic mass is 35.5. The number of hydrogen-bond acceptors (Lipinski definition) is 10. The quantitative estimate of drug-likeness (QED) is 0.135. The molecule has 5 aromatic rings. The van der Waals surface area contributed by atoms with Crippen molar-refractivity contribution in [3.05, 3.63) is 118 Å². The molecule has 2 saturated heterocycles. The summed E-state index contributed by atoms with van der Waals surface area (Å²) in [7, 11) is 0. The fraction of sp³-hybridized carbons (Fsp3) is 0.375. The van der Waals surface area contributed by atoms with Crippen molar-refractivity contribution >= 4 is 40.3 Å². The van der Waals surface area contributed by atoms with Gasteiger partial charge < -0.3 is 19.3 Å². The Kier molecular flexibility index (Phi) is 12.0. The third-order valence-corrected chi connectivity index (χ3v) is 12.0. The zero-order valence-electron chi connectivity index (χ0n) is 34.9. The summed E-state index contributed by atoms with van der Waals surface area (Å²) in [6.07, 6.45) is 11.7. The molecule has 2 fully saturated rings. The van der Waals surface area contributed by atoms with E-state index in [1.54, 1.807) is 24.4 Å². The Balaban J connectivity index is 1.02. The van der Waals surface area contributed by atoms with Gasteiger partial charge in [-0.05, 0) is 118 Å². The van der Waals surface area contributed by atoms with E-state index in [0.29, 0.717) is 48.0 Å². The Hall–Kier alpha value is -6.03. The number of fused-ring (bicyclic) bond motifs is 3. The van der Waals surface area contributed by atoms with Gasteiger partial charge in [0.25, 0.3) is 0 Å². The lowest BCUT2D eigenvalue weighted by molar-refractivity contribution is -0.144. The van der Waals surface area contributed by atoms with Crippen LogP contribution >= 0.6 is 11.6 Å². The smallest absolute Gasteiger partial charge is 0.411 e. The van der Waals surface area contributed by atoms with Gasteiger partial charge in [0.15, 0.2) is 0 Å². The highest BCUT2D eigenvalue weighted by Gasteiger charge is 2.42. The number of amides is 1. The molecule has 0 radical (unpaired) electrons. The second-order valence-corrected chi connectivity index (χ2v) is 17.5. The van der Waals surface area contributed by atoms with E-state index in [1.807, 2.05) is 55.0 Å². The molecule has 2 aromatic heterocycles. The van der Waals surface area contributed by atoms with E-state index in [0.717, 1.165) is 81.4 Å². The lowest BCUT2D eigenvalue weighted by atomic mass is 9.96. The predicted octanol–water partition coefficient (Wildman–Crippen LogP) is 9.68. The monoisotopic (exact) mass is 840 g/mol. The lowest BCUT2D eigenvalue weighted by Gasteiger charge is -2.35. The molecular formula is C48H49ClN6O6. The second-order valence-electron chi connectivity index (χ2n) is 17.1. The average molecular weight is 841 g/mol. The largest absolute Gasteiger partial charge is 0.488 e. The summed E-state index contributed by atoms with van der Waals surface area (Å²) in [5.74, 6) is 0.0936. The zero-order valence-corrected chi connectivity index (χ0v) is 35.6. The van der Waals surface area contributed by atoms with Crippen LogP contribution in [-0.4, -0.2) is 72.2 Å². The number of aliphatic carboxylic acids is 1. The maximum absolute atomic E-state index is 13.0. The number of nitriles is 1. The molecule has 0 spiro atoms. The summed E-state index contributed by atoms with van der Waals surface area (Å²) >= 11 is 6.89. The maximum atomic E-state index is 13.0. The van der Waals surface area contributed by atoms with Crippen molar-refractivity contribution in [2.24, 2.45) is 0 Å². The Labute approximate surface area is 360 Å². The normalized spacial score (nSPS) is 19.0. The molecule has 13 heteroatoms. The van der Waals surface area contributed by atoms with Crippen LogP contribution in [0.5, 0.6) is 11.5 Å². The molecule has 3 aliphatic heterocycles. The van der Waals surface area contributed by atoms with Gasteiger partial charge in [0, 0.05) is 42.2 Å². The van der Waals surface area contributed by atoms with E-state index >= 15 is 0 Å². The van der Waals surface area contributed by atoms with Crippen LogP contribution in [0.3, 0.4) is 0 Å². The van der Waals surface area contributed by atoms with Crippen LogP contribution in [0.4, 0.5) is 4.79 Å². The summed E-state index contributed by atoms with van der Waals surface area (Å²) < 4.78 is 18.5. The number of carboxylic acids is 1. The summed E-state index contributed by atoms with van der Waals surface area (Å²) in [5.41, 5.74) is 8.88. The van der Waals surface area contributed by atoms with E-state index < -0.39 is 17.6 Å². The standard InChI is InChI=1S/C48H49ClN6O6/c1-29-33(28-60-45-21-44(59-27-31-16-30(22-50)23-51-24-31)35(19-39(45)49)26-54-15-6-5-10-43(54)46(56)57)8-7-9-38(29)32-11-14-40-41(20-32)53-42(25-52-40)34-17-36-12-13-37(18-34)55(36)47(58)61-48(2,3)4/h7-9,11,14,16-17,19-21,23-25,36-37,43H,5-6,10,12-13,15,18,26-28H2,1-4H3,(H,56,57)/t36?,37?,43-/m0/s1. The molecule has 314 valence electrons. The highest BCUT2D eigenvalue weighted by Crippen LogP contribution is 2.40. The topological polar surface area (TPSA) is 151 Å². The molecule has 5 heterocycles. The van der Waals surface area contributed by atoms with E-state index in [4.69, 9.17) is 35.8 Å². The number of halogens is 1. The Morgan fingerprint density at radius 1 is 0.951 bits per heavy atom. The molecule has 0 aliphatic carbocycles. The first kappa shape index (κ1) is 41.7. The molecule has 2 unspecified atom stereocenters. The first-order valence-electron chi connectivity index (χ1n) is 20.8. The molecule has 0 saturated carbocycles. The van der Waals surface area contributed by atoms with Crippen molar-refractivity contribution in [3.63, 3.8) is 0 Å². The number of ether oxygens (including phenoxy) is 3. The third-order valence-electron chi connectivity index (χ3n) is 11.7. The summed E-state index contributed by atoms with van der Waals surface area (Å²) in [4.78, 5) is 43.0. The number of aromatic nitrogens is 3. The molecule has 12 nitrogen and oxygen atoms in total. The van der Waals surface area contributed by atoms with Crippen molar-refractivity contribution in [1.29, 1.82) is 5.26 Å². The summed E-state index contributed by atoms with van der Waals surface area (Å²) in [5, 5.41) is 19.7. The minimum atomic E-state index is -0.843. The summed E-state index contributed by atoms with van der Waals surface area (Å²) in [6.45, 7) is 9.11. The van der Waals surface area contributed by atoms with Crippen LogP contribution in [0, 0.1) is 18.3 Å². The first-order chi connectivity index (χ1) is 29.3. The molecule has 3 aromatic carbocycles. The number of likely N-dealkylation sites (tertiary alicyclic amines) is 1. The molecule has 61 heavy (non-hydrogen) atoms. The lowest BCUT2D eigenvalue weighted by Crippen LogP contribution is -2.45. The number of carboxylic acid groups (broad SMARTS) is 1. The van der Waals surface area contributed by atoms with Gasteiger partial charge >= 0.3 is 12.1 Å². The van der Waals surface area contributed by atoms with Gasteiger partial charge in [-0.1, -0.05) is 48.4 Å². The van der Waals surface area contributed by atoms with E-state index in [-0.39, 0.29) is 31.4 Å². The number of nitrogens with zero attached hydrogens (tertiary/aromatic N) is 6. The van der Waals surface area contributed by atoms with Crippen molar-refractivity contribution in [1.82, 2.24) is 24.8 Å². The molecular weight excluding hydrogens is 792 g/mol. The summed E-state index contributed by atoms with van der Waals surface area (Å²) in [6, 6.07) is 19.1. The number of carbonyl (C=O) groups is 2. The van der Waals surface area contributed by atoms with Gasteiger partial charge in [0.1, 0.15) is 42.4 Å². The van der Waals surface area contributed by atoms with Gasteiger partial charge in [-0.25, -0.2) is 9.78 Å². The zero-order chi connectivity index (χ0) is 42.8. The molecule has 8 rings (SSSR count). The van der Waals surface area contributed by atoms with E-state index in [1.165, 1.54) is 6.20 Å². The number of benzene rings is 3. The maximum Gasteiger partial charge on any atom is 0.411 e. The van der Waals surface area contributed by atoms with Gasteiger partial charge in [0.2, 0.25) is 0 Å². The SMILES string of the molecule is Cc1c(COc2cc(OCc3cncc(C#N)c3)c(CN3CCCC[C@H]3C(=O)O)cc2Cl)cccc1-c1ccc2ncc(C3=CC4CCC(C3)N4C(=O)OC(C)(C)C)nc2c1. The molecule has 3 aliphatic rings. The van der Waals surface area contributed by atoms with E-state index in [9.17, 15) is 20.0 Å².